The molecule has 0 bridgehead atoms. The summed E-state index contributed by atoms with van der Waals surface area (Å²) in [6.07, 6.45) is 9.47. The molecule has 0 N–H and O–H groups in total. The maximum absolute atomic E-state index is 9.75. The standard InChI is InChI=1S/C8H11N2.BF4/c1-3-5-10-7-6-9(4-2)8-10;2-1(3,4)5/h3-4,6-8H,1-2,5H2;/q+1;-1. The van der Waals surface area contributed by atoms with Gasteiger partial charge in [0, 0.05) is 0 Å². The van der Waals surface area contributed by atoms with E-state index in [-0.39, 0.29) is 0 Å². The highest BCUT2D eigenvalue weighted by Crippen LogP contribution is 2.06. The second-order valence-electron chi connectivity index (χ2n) is 2.52. The van der Waals surface area contributed by atoms with E-state index in [9.17, 15) is 17.3 Å². The van der Waals surface area contributed by atoms with Crippen molar-refractivity contribution in [2.75, 3.05) is 0 Å². The minimum atomic E-state index is -6.00. The van der Waals surface area contributed by atoms with E-state index in [4.69, 9.17) is 0 Å². The second-order valence-corrected chi connectivity index (χ2v) is 2.52. The molecule has 0 saturated carbocycles. The molecule has 15 heavy (non-hydrogen) atoms. The van der Waals surface area contributed by atoms with Crippen molar-refractivity contribution in [1.29, 1.82) is 0 Å². The average molecular weight is 222 g/mol. The first kappa shape index (κ1) is 13.5. The van der Waals surface area contributed by atoms with Crippen LogP contribution < -0.4 is 4.57 Å². The van der Waals surface area contributed by atoms with E-state index in [0.29, 0.717) is 0 Å². The molecule has 0 amide bonds. The number of halogens is 4. The normalized spacial score (nSPS) is 10.1. The summed E-state index contributed by atoms with van der Waals surface area (Å²) in [4.78, 5) is 0. The number of aromatic nitrogens is 2. The largest absolute Gasteiger partial charge is 0.673 e. The highest BCUT2D eigenvalue weighted by atomic mass is 19.5. The van der Waals surface area contributed by atoms with Gasteiger partial charge in [0.25, 0.3) is 0 Å². The van der Waals surface area contributed by atoms with Crippen molar-refractivity contribution < 1.29 is 21.8 Å². The Hall–Kier alpha value is -1.53. The Labute approximate surface area is 85.2 Å². The lowest BCUT2D eigenvalue weighted by Crippen LogP contribution is -2.29. The lowest BCUT2D eigenvalue weighted by molar-refractivity contribution is -0.686. The van der Waals surface area contributed by atoms with Gasteiger partial charge in [-0.3, -0.25) is 0 Å². The molecule has 0 aliphatic rings. The van der Waals surface area contributed by atoms with Crippen LogP contribution in [-0.4, -0.2) is 11.8 Å². The third-order valence-electron chi connectivity index (χ3n) is 1.26. The number of imidazole rings is 1. The first-order valence-corrected chi connectivity index (χ1v) is 4.04. The Morgan fingerprint density at radius 2 is 1.80 bits per heavy atom. The number of rotatable bonds is 3. The molecule has 0 aliphatic heterocycles. The summed E-state index contributed by atoms with van der Waals surface area (Å²) in [5.74, 6) is 0. The van der Waals surface area contributed by atoms with E-state index in [0.717, 1.165) is 6.54 Å². The maximum atomic E-state index is 9.75. The zero-order valence-electron chi connectivity index (χ0n) is 7.99. The maximum Gasteiger partial charge on any atom is 0.673 e. The Morgan fingerprint density at radius 3 is 2.13 bits per heavy atom. The van der Waals surface area contributed by atoms with Crippen LogP contribution in [0.15, 0.2) is 38.0 Å². The fraction of sp³-hybridized carbons (Fsp3) is 0.125. The molecular weight excluding hydrogens is 211 g/mol. The third kappa shape index (κ3) is 8.80. The van der Waals surface area contributed by atoms with Crippen molar-refractivity contribution in [2.45, 2.75) is 6.54 Å². The van der Waals surface area contributed by atoms with Crippen LogP contribution in [0.25, 0.3) is 6.20 Å². The van der Waals surface area contributed by atoms with Crippen molar-refractivity contribution in [2.24, 2.45) is 0 Å². The average Bonchev–Trinajstić information content (AvgIpc) is 2.50. The molecule has 1 rings (SSSR count). The second kappa shape index (κ2) is 6.05. The number of hydrogen-bond acceptors (Lipinski definition) is 0. The summed E-state index contributed by atoms with van der Waals surface area (Å²) in [6.45, 7) is 8.11. The van der Waals surface area contributed by atoms with Gasteiger partial charge in [0.1, 0.15) is 18.9 Å². The monoisotopic (exact) mass is 222 g/mol. The lowest BCUT2D eigenvalue weighted by Gasteiger charge is -1.94. The lowest BCUT2D eigenvalue weighted by atomic mass is 10.3. The Balaban J connectivity index is 0.000000336. The van der Waals surface area contributed by atoms with E-state index in [1.807, 2.05) is 33.9 Å². The van der Waals surface area contributed by atoms with Gasteiger partial charge in [0.15, 0.2) is 0 Å². The van der Waals surface area contributed by atoms with Crippen molar-refractivity contribution in [3.63, 3.8) is 0 Å². The molecule has 0 radical (unpaired) electrons. The number of hydrogen-bond donors (Lipinski definition) is 0. The van der Waals surface area contributed by atoms with E-state index >= 15 is 0 Å². The first-order valence-electron chi connectivity index (χ1n) is 4.04. The molecule has 7 heteroatoms. The number of allylic oxidation sites excluding steroid dienone is 1. The highest BCUT2D eigenvalue weighted by molar-refractivity contribution is 6.50. The van der Waals surface area contributed by atoms with Crippen LogP contribution in [-0.2, 0) is 6.54 Å². The van der Waals surface area contributed by atoms with Gasteiger partial charge < -0.3 is 17.3 Å². The molecule has 1 aromatic heterocycles. The topological polar surface area (TPSA) is 8.81 Å². The summed E-state index contributed by atoms with van der Waals surface area (Å²) in [6, 6.07) is 0. The van der Waals surface area contributed by atoms with Gasteiger partial charge in [-0.1, -0.05) is 19.2 Å². The summed E-state index contributed by atoms with van der Waals surface area (Å²) in [5.41, 5.74) is 0. The van der Waals surface area contributed by atoms with Gasteiger partial charge in [0.05, 0.1) is 6.20 Å². The van der Waals surface area contributed by atoms with Crippen LogP contribution in [0.2, 0.25) is 0 Å². The van der Waals surface area contributed by atoms with Gasteiger partial charge in [-0.15, -0.1) is 0 Å². The minimum Gasteiger partial charge on any atom is -0.418 e. The molecule has 0 unspecified atom stereocenters. The Morgan fingerprint density at radius 1 is 1.27 bits per heavy atom. The van der Waals surface area contributed by atoms with E-state index in [1.165, 1.54) is 0 Å². The molecule has 0 spiro atoms. The van der Waals surface area contributed by atoms with Gasteiger partial charge in [0.2, 0.25) is 6.33 Å². The van der Waals surface area contributed by atoms with Crippen molar-refractivity contribution in [1.82, 2.24) is 4.57 Å². The van der Waals surface area contributed by atoms with Gasteiger partial charge in [-0.05, 0) is 0 Å². The SMILES string of the molecule is C=CC[n+]1ccn(C=C)c1.F[B-](F)(F)F. The van der Waals surface area contributed by atoms with Crippen molar-refractivity contribution in [3.8, 4) is 0 Å². The Bertz CT molecular complexity index is 313. The zero-order valence-corrected chi connectivity index (χ0v) is 7.99. The van der Waals surface area contributed by atoms with Gasteiger partial charge >= 0.3 is 7.25 Å². The molecule has 0 saturated heterocycles. The van der Waals surface area contributed by atoms with Crippen LogP contribution in [0.4, 0.5) is 17.3 Å². The van der Waals surface area contributed by atoms with E-state index in [1.54, 1.807) is 6.20 Å². The fourth-order valence-electron chi connectivity index (χ4n) is 0.776. The molecule has 1 heterocycles. The quantitative estimate of drug-likeness (QED) is 0.321. The number of nitrogens with zero attached hydrogens (tertiary/aromatic N) is 2. The smallest absolute Gasteiger partial charge is 0.418 e. The van der Waals surface area contributed by atoms with Crippen LogP contribution in [0, 0.1) is 0 Å². The predicted molar refractivity (Wildman–Crippen MR) is 51.4 cm³/mol. The minimum absolute atomic E-state index is 0.848. The van der Waals surface area contributed by atoms with Crippen molar-refractivity contribution >= 4 is 13.5 Å². The zero-order chi connectivity index (χ0) is 11.9. The molecule has 0 aromatic carbocycles. The van der Waals surface area contributed by atoms with Crippen LogP contribution >= 0.6 is 0 Å². The summed E-state index contributed by atoms with van der Waals surface area (Å²) < 4.78 is 42.9. The van der Waals surface area contributed by atoms with Crippen LogP contribution in [0.5, 0.6) is 0 Å². The van der Waals surface area contributed by atoms with Crippen LogP contribution in [0.1, 0.15) is 0 Å². The molecule has 84 valence electrons. The van der Waals surface area contributed by atoms with Crippen molar-refractivity contribution in [3.05, 3.63) is 38.0 Å². The molecular formula is C8H11BF4N2. The Kier molecular flexibility index (Phi) is 5.44. The fourth-order valence-corrected chi connectivity index (χ4v) is 0.776. The highest BCUT2D eigenvalue weighted by Gasteiger charge is 2.20. The molecule has 0 atom stereocenters. The first-order chi connectivity index (χ1) is 6.86. The summed E-state index contributed by atoms with van der Waals surface area (Å²) >= 11 is 0. The van der Waals surface area contributed by atoms with Gasteiger partial charge in [-0.25, -0.2) is 9.13 Å². The summed E-state index contributed by atoms with van der Waals surface area (Å²) in [7, 11) is -6.00. The predicted octanol–water partition coefficient (Wildman–Crippen LogP) is 2.36. The van der Waals surface area contributed by atoms with Crippen LogP contribution in [0.3, 0.4) is 0 Å². The molecule has 0 aliphatic carbocycles. The summed E-state index contributed by atoms with van der Waals surface area (Å²) in [5, 5.41) is 0. The van der Waals surface area contributed by atoms with Gasteiger partial charge in [-0.2, -0.15) is 0 Å². The van der Waals surface area contributed by atoms with E-state index < -0.39 is 7.25 Å². The molecule has 2 nitrogen and oxygen atoms in total. The molecule has 0 fully saturated rings. The van der Waals surface area contributed by atoms with E-state index in [2.05, 4.69) is 13.2 Å². The third-order valence-corrected chi connectivity index (χ3v) is 1.26. The molecule has 1 aromatic rings.